The first-order valence-corrected chi connectivity index (χ1v) is 7.48. The molecule has 5 nitrogen and oxygen atoms in total. The van der Waals surface area contributed by atoms with Crippen molar-refractivity contribution in [1.29, 1.82) is 0 Å². The molecule has 1 aromatic rings. The molecule has 0 aromatic heterocycles. The minimum atomic E-state index is -2.92. The highest BCUT2D eigenvalue weighted by atomic mass is 32.2. The molecule has 1 heterocycles. The maximum atomic E-state index is 11.3. The van der Waals surface area contributed by atoms with Gasteiger partial charge in [-0.2, -0.15) is 0 Å². The summed E-state index contributed by atoms with van der Waals surface area (Å²) in [6.45, 7) is 1.69. The van der Waals surface area contributed by atoms with Crippen LogP contribution < -0.4 is 4.74 Å². The zero-order chi connectivity index (χ0) is 13.2. The van der Waals surface area contributed by atoms with Gasteiger partial charge in [0.25, 0.3) is 0 Å². The van der Waals surface area contributed by atoms with Crippen molar-refractivity contribution in [1.82, 2.24) is 0 Å². The lowest BCUT2D eigenvalue weighted by Gasteiger charge is -2.12. The van der Waals surface area contributed by atoms with Gasteiger partial charge in [-0.25, -0.2) is 8.42 Å². The summed E-state index contributed by atoms with van der Waals surface area (Å²) >= 11 is 0. The van der Waals surface area contributed by atoms with Crippen LogP contribution >= 0.6 is 0 Å². The van der Waals surface area contributed by atoms with Crippen LogP contribution in [0.15, 0.2) is 29.4 Å². The Kier molecular flexibility index (Phi) is 3.56. The molecule has 1 fully saturated rings. The van der Waals surface area contributed by atoms with Crippen molar-refractivity contribution in [2.75, 3.05) is 11.5 Å². The molecule has 0 radical (unpaired) electrons. The second kappa shape index (κ2) is 4.97. The van der Waals surface area contributed by atoms with Crippen LogP contribution in [0.3, 0.4) is 0 Å². The van der Waals surface area contributed by atoms with Crippen molar-refractivity contribution in [3.05, 3.63) is 29.8 Å². The van der Waals surface area contributed by atoms with E-state index in [0.717, 1.165) is 5.56 Å². The summed E-state index contributed by atoms with van der Waals surface area (Å²) in [4.78, 5) is 0. The maximum absolute atomic E-state index is 11.3. The van der Waals surface area contributed by atoms with E-state index in [-0.39, 0.29) is 17.6 Å². The Balaban J connectivity index is 2.03. The predicted octanol–water partition coefficient (Wildman–Crippen LogP) is 1.45. The van der Waals surface area contributed by atoms with Gasteiger partial charge in [0.05, 0.1) is 17.2 Å². The third-order valence-electron chi connectivity index (χ3n) is 2.92. The van der Waals surface area contributed by atoms with E-state index < -0.39 is 9.84 Å². The Morgan fingerprint density at radius 3 is 2.56 bits per heavy atom. The van der Waals surface area contributed by atoms with Gasteiger partial charge >= 0.3 is 0 Å². The molecule has 0 bridgehead atoms. The number of nitrogens with zero attached hydrogens (tertiary/aromatic N) is 1. The highest BCUT2D eigenvalue weighted by Crippen LogP contribution is 2.20. The largest absolute Gasteiger partial charge is 0.489 e. The first kappa shape index (κ1) is 12.9. The lowest BCUT2D eigenvalue weighted by molar-refractivity contribution is 0.229. The molecule has 1 saturated heterocycles. The van der Waals surface area contributed by atoms with Crippen LogP contribution in [-0.2, 0) is 9.84 Å². The van der Waals surface area contributed by atoms with E-state index in [0.29, 0.717) is 17.9 Å². The first-order valence-electron chi connectivity index (χ1n) is 5.66. The fourth-order valence-electron chi connectivity index (χ4n) is 1.88. The van der Waals surface area contributed by atoms with Gasteiger partial charge < -0.3 is 9.94 Å². The van der Waals surface area contributed by atoms with Crippen LogP contribution in [0.2, 0.25) is 0 Å². The van der Waals surface area contributed by atoms with Gasteiger partial charge in [0.2, 0.25) is 0 Å². The number of hydrogen-bond donors (Lipinski definition) is 1. The normalized spacial score (nSPS) is 22.9. The first-order chi connectivity index (χ1) is 8.50. The van der Waals surface area contributed by atoms with Crippen molar-refractivity contribution in [2.24, 2.45) is 5.16 Å². The zero-order valence-corrected chi connectivity index (χ0v) is 10.9. The molecule has 1 N–H and O–H groups in total. The highest BCUT2D eigenvalue weighted by Gasteiger charge is 2.29. The zero-order valence-electron chi connectivity index (χ0n) is 10.0. The van der Waals surface area contributed by atoms with Crippen molar-refractivity contribution in [2.45, 2.75) is 19.4 Å². The Morgan fingerprint density at radius 1 is 1.39 bits per heavy atom. The minimum absolute atomic E-state index is 0.0892. The molecule has 18 heavy (non-hydrogen) atoms. The van der Waals surface area contributed by atoms with Gasteiger partial charge in [-0.05, 0) is 43.2 Å². The number of oxime groups is 1. The van der Waals surface area contributed by atoms with Crippen LogP contribution in [0.5, 0.6) is 5.75 Å². The molecular formula is C12H15NO4S. The SMILES string of the molecule is C/C(=N\O)c1ccc(OC2CCS(=O)(=O)C2)cc1. The minimum Gasteiger partial charge on any atom is -0.489 e. The number of ether oxygens (including phenoxy) is 1. The fraction of sp³-hybridized carbons (Fsp3) is 0.417. The molecular weight excluding hydrogens is 254 g/mol. The van der Waals surface area contributed by atoms with Crippen molar-refractivity contribution in [3.8, 4) is 5.75 Å². The van der Waals surface area contributed by atoms with E-state index in [1.807, 2.05) is 0 Å². The second-order valence-electron chi connectivity index (χ2n) is 4.35. The van der Waals surface area contributed by atoms with Crippen LogP contribution in [0.1, 0.15) is 18.9 Å². The van der Waals surface area contributed by atoms with Gasteiger partial charge in [0.15, 0.2) is 9.84 Å². The van der Waals surface area contributed by atoms with E-state index in [9.17, 15) is 8.42 Å². The summed E-state index contributed by atoms with van der Waals surface area (Å²) in [5.41, 5.74) is 1.31. The standard InChI is InChI=1S/C12H15NO4S/c1-9(13-14)10-2-4-11(5-3-10)17-12-6-7-18(15,16)8-12/h2-5,12,14H,6-8H2,1H3/b13-9+. The summed E-state index contributed by atoms with van der Waals surface area (Å²) < 4.78 is 28.2. The van der Waals surface area contributed by atoms with Gasteiger partial charge in [-0.15, -0.1) is 0 Å². The van der Waals surface area contributed by atoms with E-state index in [1.54, 1.807) is 31.2 Å². The molecule has 1 aromatic carbocycles. The lowest BCUT2D eigenvalue weighted by atomic mass is 10.1. The molecule has 1 atom stereocenters. The molecule has 98 valence electrons. The average molecular weight is 269 g/mol. The fourth-order valence-corrected chi connectivity index (χ4v) is 3.47. The van der Waals surface area contributed by atoms with E-state index in [4.69, 9.17) is 9.94 Å². The van der Waals surface area contributed by atoms with E-state index in [1.165, 1.54) is 0 Å². The molecule has 0 amide bonds. The highest BCUT2D eigenvalue weighted by molar-refractivity contribution is 7.91. The molecule has 6 heteroatoms. The predicted molar refractivity (Wildman–Crippen MR) is 68.1 cm³/mol. The Bertz CT molecular complexity index is 548. The molecule has 2 rings (SSSR count). The monoisotopic (exact) mass is 269 g/mol. The molecule has 0 spiro atoms. The smallest absolute Gasteiger partial charge is 0.154 e. The van der Waals surface area contributed by atoms with Gasteiger partial charge in [0.1, 0.15) is 11.9 Å². The molecule has 0 aliphatic carbocycles. The molecule has 1 aliphatic heterocycles. The Morgan fingerprint density at radius 2 is 2.06 bits per heavy atom. The summed E-state index contributed by atoms with van der Waals surface area (Å²) in [6, 6.07) is 7.03. The topological polar surface area (TPSA) is 76.0 Å². The number of sulfone groups is 1. The second-order valence-corrected chi connectivity index (χ2v) is 6.58. The average Bonchev–Trinajstić information content (AvgIpc) is 2.68. The number of hydrogen-bond acceptors (Lipinski definition) is 5. The molecule has 1 unspecified atom stereocenters. The Hall–Kier alpha value is -1.56. The van der Waals surface area contributed by atoms with Crippen molar-refractivity contribution in [3.63, 3.8) is 0 Å². The third-order valence-corrected chi connectivity index (χ3v) is 4.65. The van der Waals surface area contributed by atoms with E-state index in [2.05, 4.69) is 5.16 Å². The lowest BCUT2D eigenvalue weighted by Crippen LogP contribution is -2.17. The summed E-state index contributed by atoms with van der Waals surface area (Å²) in [5, 5.41) is 11.7. The van der Waals surface area contributed by atoms with Crippen LogP contribution in [0.4, 0.5) is 0 Å². The maximum Gasteiger partial charge on any atom is 0.154 e. The van der Waals surface area contributed by atoms with Crippen molar-refractivity contribution < 1.29 is 18.4 Å². The summed E-state index contributed by atoms with van der Waals surface area (Å²) in [6.07, 6.45) is 0.287. The summed E-state index contributed by atoms with van der Waals surface area (Å²) in [5.74, 6) is 0.921. The quantitative estimate of drug-likeness (QED) is 0.512. The molecule has 0 saturated carbocycles. The molecule has 1 aliphatic rings. The number of rotatable bonds is 3. The van der Waals surface area contributed by atoms with Gasteiger partial charge in [0, 0.05) is 0 Å². The number of benzene rings is 1. The van der Waals surface area contributed by atoms with Gasteiger partial charge in [-0.1, -0.05) is 5.16 Å². The Labute approximate surface area is 106 Å². The van der Waals surface area contributed by atoms with Crippen LogP contribution in [-0.4, -0.2) is 36.9 Å². The van der Waals surface area contributed by atoms with Crippen molar-refractivity contribution >= 4 is 15.5 Å². The summed E-state index contributed by atoms with van der Waals surface area (Å²) in [7, 11) is -2.92. The van der Waals surface area contributed by atoms with Crippen LogP contribution in [0.25, 0.3) is 0 Å². The van der Waals surface area contributed by atoms with Gasteiger partial charge in [-0.3, -0.25) is 0 Å². The van der Waals surface area contributed by atoms with E-state index >= 15 is 0 Å². The van der Waals surface area contributed by atoms with Crippen LogP contribution in [0, 0.1) is 0 Å². The third kappa shape index (κ3) is 3.01.